The Morgan fingerprint density at radius 2 is 1.87 bits per heavy atom. The van der Waals surface area contributed by atoms with Crippen LogP contribution in [0.2, 0.25) is 0 Å². The van der Waals surface area contributed by atoms with Crippen molar-refractivity contribution in [2.24, 2.45) is 5.41 Å². The van der Waals surface area contributed by atoms with Crippen molar-refractivity contribution < 1.29 is 0 Å². The van der Waals surface area contributed by atoms with Gasteiger partial charge in [-0.3, -0.25) is 0 Å². The lowest BCUT2D eigenvalue weighted by Crippen LogP contribution is -2.28. The molecular formula is C13H24N2. The molecule has 0 aromatic heterocycles. The zero-order valence-corrected chi connectivity index (χ0v) is 10.3. The predicted molar refractivity (Wildman–Crippen MR) is 63.5 cm³/mol. The van der Waals surface area contributed by atoms with Gasteiger partial charge in [0, 0.05) is 0 Å². The summed E-state index contributed by atoms with van der Waals surface area (Å²) in [6.45, 7) is 7.94. The Labute approximate surface area is 94.3 Å². The second-order valence-electron chi connectivity index (χ2n) is 4.73. The van der Waals surface area contributed by atoms with E-state index in [-0.39, 0.29) is 5.41 Å². The van der Waals surface area contributed by atoms with E-state index in [2.05, 4.69) is 24.8 Å². The molecule has 1 rings (SSSR count). The van der Waals surface area contributed by atoms with Crippen LogP contribution in [0, 0.1) is 16.7 Å². The van der Waals surface area contributed by atoms with Crippen LogP contribution in [0.3, 0.4) is 0 Å². The first-order valence-electron chi connectivity index (χ1n) is 6.40. The highest BCUT2D eigenvalue weighted by atomic mass is 15.1. The smallest absolute Gasteiger partial charge is 0.0689 e. The zero-order chi connectivity index (χ0) is 11.1. The minimum Gasteiger partial charge on any atom is -0.304 e. The molecule has 15 heavy (non-hydrogen) atoms. The molecule has 86 valence electrons. The topological polar surface area (TPSA) is 27.0 Å². The van der Waals surface area contributed by atoms with E-state index in [0.29, 0.717) is 0 Å². The van der Waals surface area contributed by atoms with Crippen LogP contribution in [-0.4, -0.2) is 24.5 Å². The van der Waals surface area contributed by atoms with Gasteiger partial charge in [-0.25, -0.2) is 0 Å². The third-order valence-corrected chi connectivity index (χ3v) is 3.82. The first kappa shape index (κ1) is 12.5. The molecule has 0 N–H and O–H groups in total. The van der Waals surface area contributed by atoms with Crippen molar-refractivity contribution >= 4 is 0 Å². The summed E-state index contributed by atoms with van der Waals surface area (Å²) in [7, 11) is 0. The lowest BCUT2D eigenvalue weighted by molar-refractivity contribution is 0.187. The van der Waals surface area contributed by atoms with Crippen LogP contribution >= 0.6 is 0 Å². The van der Waals surface area contributed by atoms with Gasteiger partial charge in [0.25, 0.3) is 0 Å². The average molecular weight is 208 g/mol. The molecule has 2 nitrogen and oxygen atoms in total. The molecule has 0 aliphatic heterocycles. The molecular weight excluding hydrogens is 184 g/mol. The van der Waals surface area contributed by atoms with Crippen LogP contribution in [0.15, 0.2) is 0 Å². The number of unbranched alkanes of at least 4 members (excludes halogenated alkanes) is 1. The molecule has 2 heteroatoms. The van der Waals surface area contributed by atoms with Crippen molar-refractivity contribution in [2.45, 2.75) is 52.4 Å². The van der Waals surface area contributed by atoms with Crippen molar-refractivity contribution in [1.29, 1.82) is 5.26 Å². The fraction of sp³-hybridized carbons (Fsp3) is 0.923. The first-order valence-corrected chi connectivity index (χ1v) is 6.40. The fourth-order valence-corrected chi connectivity index (χ4v) is 2.36. The lowest BCUT2D eigenvalue weighted by atomic mass is 9.67. The van der Waals surface area contributed by atoms with Crippen LogP contribution in [0.4, 0.5) is 0 Å². The number of hydrogen-bond acceptors (Lipinski definition) is 2. The quantitative estimate of drug-likeness (QED) is 0.601. The van der Waals surface area contributed by atoms with Crippen molar-refractivity contribution in [3.05, 3.63) is 0 Å². The normalized spacial score (nSPS) is 18.5. The van der Waals surface area contributed by atoms with Crippen molar-refractivity contribution in [3.8, 4) is 6.07 Å². The van der Waals surface area contributed by atoms with Gasteiger partial charge in [-0.15, -0.1) is 0 Å². The molecule has 0 aromatic carbocycles. The van der Waals surface area contributed by atoms with E-state index in [1.807, 2.05) is 0 Å². The van der Waals surface area contributed by atoms with Crippen LogP contribution in [0.1, 0.15) is 52.4 Å². The van der Waals surface area contributed by atoms with Crippen LogP contribution < -0.4 is 0 Å². The first-order chi connectivity index (χ1) is 7.26. The molecule has 0 bridgehead atoms. The Balaban J connectivity index is 2.08. The van der Waals surface area contributed by atoms with E-state index >= 15 is 0 Å². The van der Waals surface area contributed by atoms with E-state index in [1.165, 1.54) is 25.8 Å². The molecule has 0 radical (unpaired) electrons. The second kappa shape index (κ2) is 6.12. The lowest BCUT2D eigenvalue weighted by Gasteiger charge is -2.35. The molecule has 0 aromatic rings. The van der Waals surface area contributed by atoms with Gasteiger partial charge >= 0.3 is 0 Å². The van der Waals surface area contributed by atoms with E-state index in [1.54, 1.807) is 0 Å². The maximum absolute atomic E-state index is 9.08. The van der Waals surface area contributed by atoms with Gasteiger partial charge in [0.05, 0.1) is 11.5 Å². The third-order valence-electron chi connectivity index (χ3n) is 3.82. The SMILES string of the molecule is CCN(CC)CCCCC1(C#N)CCC1. The van der Waals surface area contributed by atoms with Crippen LogP contribution in [-0.2, 0) is 0 Å². The van der Waals surface area contributed by atoms with Gasteiger partial charge in [0.1, 0.15) is 0 Å². The molecule has 1 aliphatic carbocycles. The maximum atomic E-state index is 9.08. The van der Waals surface area contributed by atoms with E-state index in [0.717, 1.165) is 32.4 Å². The molecule has 0 spiro atoms. The molecule has 1 aliphatic rings. The molecule has 0 heterocycles. The summed E-state index contributed by atoms with van der Waals surface area (Å²) in [6, 6.07) is 2.52. The highest BCUT2D eigenvalue weighted by Gasteiger charge is 2.36. The number of rotatable bonds is 7. The molecule has 0 unspecified atom stereocenters. The summed E-state index contributed by atoms with van der Waals surface area (Å²) in [6.07, 6.45) is 7.17. The van der Waals surface area contributed by atoms with Crippen LogP contribution in [0.5, 0.6) is 0 Å². The Morgan fingerprint density at radius 1 is 1.20 bits per heavy atom. The Hall–Kier alpha value is -0.550. The average Bonchev–Trinajstić information content (AvgIpc) is 2.22. The Bertz CT molecular complexity index is 209. The van der Waals surface area contributed by atoms with Crippen molar-refractivity contribution in [3.63, 3.8) is 0 Å². The summed E-state index contributed by atoms with van der Waals surface area (Å²) >= 11 is 0. The van der Waals surface area contributed by atoms with E-state index in [9.17, 15) is 0 Å². The van der Waals surface area contributed by atoms with Crippen molar-refractivity contribution in [2.75, 3.05) is 19.6 Å². The summed E-state index contributed by atoms with van der Waals surface area (Å²) in [5.41, 5.74) is 0.0866. The van der Waals surface area contributed by atoms with E-state index < -0.39 is 0 Å². The standard InChI is InChI=1S/C13H24N2/c1-3-15(4-2)11-6-5-8-13(12-14)9-7-10-13/h3-11H2,1-2H3. The van der Waals surface area contributed by atoms with Gasteiger partial charge in [-0.05, 0) is 45.3 Å². The minimum absolute atomic E-state index is 0.0866. The van der Waals surface area contributed by atoms with Gasteiger partial charge in [-0.1, -0.05) is 26.7 Å². The summed E-state index contributed by atoms with van der Waals surface area (Å²) in [4.78, 5) is 2.46. The number of nitrogens with zero attached hydrogens (tertiary/aromatic N) is 2. The highest BCUT2D eigenvalue weighted by molar-refractivity contribution is 5.04. The molecule has 0 amide bonds. The van der Waals surface area contributed by atoms with Crippen LogP contribution in [0.25, 0.3) is 0 Å². The zero-order valence-electron chi connectivity index (χ0n) is 10.3. The molecule has 1 saturated carbocycles. The Kier molecular flexibility index (Phi) is 5.11. The minimum atomic E-state index is 0.0866. The highest BCUT2D eigenvalue weighted by Crippen LogP contribution is 2.44. The fourth-order valence-electron chi connectivity index (χ4n) is 2.36. The Morgan fingerprint density at radius 3 is 2.27 bits per heavy atom. The van der Waals surface area contributed by atoms with Gasteiger partial charge < -0.3 is 4.90 Å². The maximum Gasteiger partial charge on any atom is 0.0689 e. The van der Waals surface area contributed by atoms with Gasteiger partial charge in [0.2, 0.25) is 0 Å². The monoisotopic (exact) mass is 208 g/mol. The molecule has 0 atom stereocenters. The third kappa shape index (κ3) is 3.50. The predicted octanol–water partition coefficient (Wildman–Crippen LogP) is 3.19. The number of nitriles is 1. The van der Waals surface area contributed by atoms with E-state index in [4.69, 9.17) is 5.26 Å². The molecule has 0 saturated heterocycles. The largest absolute Gasteiger partial charge is 0.304 e. The molecule has 1 fully saturated rings. The van der Waals surface area contributed by atoms with Gasteiger partial charge in [-0.2, -0.15) is 5.26 Å². The van der Waals surface area contributed by atoms with Crippen molar-refractivity contribution in [1.82, 2.24) is 4.90 Å². The summed E-state index contributed by atoms with van der Waals surface area (Å²) in [5, 5.41) is 9.08. The van der Waals surface area contributed by atoms with Gasteiger partial charge in [0.15, 0.2) is 0 Å². The second-order valence-corrected chi connectivity index (χ2v) is 4.73. The number of hydrogen-bond donors (Lipinski definition) is 0. The summed E-state index contributed by atoms with van der Waals surface area (Å²) in [5.74, 6) is 0. The summed E-state index contributed by atoms with van der Waals surface area (Å²) < 4.78 is 0.